The third kappa shape index (κ3) is 4.64. The summed E-state index contributed by atoms with van der Waals surface area (Å²) < 4.78 is 37.9. The molecule has 2 aliphatic rings. The number of fused-ring (bicyclic) bond motifs is 1. The SMILES string of the molecule is O=C(CCc1ccc(C(F)(F)F)cc1)N1CCC(N2CCc3ccccc3C2)C1. The Morgan fingerprint density at radius 1 is 1.00 bits per heavy atom. The number of benzene rings is 2. The first-order valence-electron chi connectivity index (χ1n) is 10.1. The summed E-state index contributed by atoms with van der Waals surface area (Å²) in [6.07, 6.45) is -1.49. The van der Waals surface area contributed by atoms with Crippen LogP contribution in [-0.4, -0.2) is 41.4 Å². The van der Waals surface area contributed by atoms with Gasteiger partial charge >= 0.3 is 6.18 Å². The number of carbonyl (C=O) groups is 1. The van der Waals surface area contributed by atoms with Crippen molar-refractivity contribution in [1.29, 1.82) is 0 Å². The smallest absolute Gasteiger partial charge is 0.341 e. The molecule has 0 aliphatic carbocycles. The Hall–Kier alpha value is -2.34. The summed E-state index contributed by atoms with van der Waals surface area (Å²) in [7, 11) is 0. The van der Waals surface area contributed by atoms with Gasteiger partial charge in [0.2, 0.25) is 5.91 Å². The Balaban J connectivity index is 1.28. The molecule has 3 nitrogen and oxygen atoms in total. The quantitative estimate of drug-likeness (QED) is 0.762. The van der Waals surface area contributed by atoms with Gasteiger partial charge < -0.3 is 4.90 Å². The van der Waals surface area contributed by atoms with Crippen molar-refractivity contribution >= 4 is 5.91 Å². The average molecular weight is 402 g/mol. The van der Waals surface area contributed by atoms with Gasteiger partial charge in [-0.05, 0) is 48.1 Å². The molecule has 29 heavy (non-hydrogen) atoms. The molecule has 2 aliphatic heterocycles. The van der Waals surface area contributed by atoms with Crippen molar-refractivity contribution in [3.63, 3.8) is 0 Å². The van der Waals surface area contributed by atoms with Crippen molar-refractivity contribution in [2.24, 2.45) is 0 Å². The molecule has 2 heterocycles. The highest BCUT2D eigenvalue weighted by atomic mass is 19.4. The topological polar surface area (TPSA) is 23.6 Å². The van der Waals surface area contributed by atoms with Crippen LogP contribution in [0, 0.1) is 0 Å². The van der Waals surface area contributed by atoms with Crippen LogP contribution in [0.5, 0.6) is 0 Å². The van der Waals surface area contributed by atoms with E-state index in [1.807, 2.05) is 4.90 Å². The molecule has 0 saturated carbocycles. The number of halogens is 3. The molecular formula is C23H25F3N2O. The summed E-state index contributed by atoms with van der Waals surface area (Å²) in [5.41, 5.74) is 2.91. The summed E-state index contributed by atoms with van der Waals surface area (Å²) in [5.74, 6) is 0.0878. The van der Waals surface area contributed by atoms with E-state index in [1.54, 1.807) is 0 Å². The summed E-state index contributed by atoms with van der Waals surface area (Å²) >= 11 is 0. The fourth-order valence-corrected chi connectivity index (χ4v) is 4.37. The lowest BCUT2D eigenvalue weighted by molar-refractivity contribution is -0.137. The van der Waals surface area contributed by atoms with Crippen molar-refractivity contribution in [1.82, 2.24) is 9.80 Å². The number of amides is 1. The first-order chi connectivity index (χ1) is 13.9. The molecule has 2 aromatic carbocycles. The van der Waals surface area contributed by atoms with Crippen LogP contribution in [0.4, 0.5) is 13.2 Å². The molecule has 2 aromatic rings. The van der Waals surface area contributed by atoms with E-state index in [9.17, 15) is 18.0 Å². The number of carbonyl (C=O) groups excluding carboxylic acids is 1. The first-order valence-corrected chi connectivity index (χ1v) is 10.1. The Morgan fingerprint density at radius 3 is 2.45 bits per heavy atom. The van der Waals surface area contributed by atoms with E-state index < -0.39 is 11.7 Å². The molecule has 0 spiro atoms. The largest absolute Gasteiger partial charge is 0.416 e. The predicted molar refractivity (Wildman–Crippen MR) is 105 cm³/mol. The normalized spacial score (nSPS) is 20.0. The van der Waals surface area contributed by atoms with Crippen LogP contribution < -0.4 is 0 Å². The van der Waals surface area contributed by atoms with Crippen LogP contribution in [0.25, 0.3) is 0 Å². The maximum Gasteiger partial charge on any atom is 0.416 e. The van der Waals surface area contributed by atoms with Gasteiger partial charge in [-0.15, -0.1) is 0 Å². The zero-order valence-corrected chi connectivity index (χ0v) is 16.3. The summed E-state index contributed by atoms with van der Waals surface area (Å²) in [5, 5.41) is 0. The average Bonchev–Trinajstić information content (AvgIpc) is 3.22. The number of rotatable bonds is 4. The molecule has 1 saturated heterocycles. The van der Waals surface area contributed by atoms with Crippen molar-refractivity contribution in [3.05, 3.63) is 70.8 Å². The van der Waals surface area contributed by atoms with Crippen molar-refractivity contribution < 1.29 is 18.0 Å². The van der Waals surface area contributed by atoms with Gasteiger partial charge in [0.15, 0.2) is 0 Å². The van der Waals surface area contributed by atoms with Crippen molar-refractivity contribution in [2.45, 2.75) is 44.4 Å². The molecule has 0 N–H and O–H groups in total. The lowest BCUT2D eigenvalue weighted by atomic mass is 9.98. The van der Waals surface area contributed by atoms with Crippen LogP contribution >= 0.6 is 0 Å². The molecule has 0 aromatic heterocycles. The standard InChI is InChI=1S/C23H25F3N2O/c24-23(25,26)20-8-5-17(6-9-20)7-10-22(29)28-14-12-21(16-28)27-13-11-18-3-1-2-4-19(18)15-27/h1-6,8-9,21H,7,10-16H2. The highest BCUT2D eigenvalue weighted by molar-refractivity contribution is 5.76. The number of hydrogen-bond acceptors (Lipinski definition) is 2. The van der Waals surface area contributed by atoms with Gasteiger partial charge in [-0.2, -0.15) is 13.2 Å². The van der Waals surface area contributed by atoms with E-state index in [1.165, 1.54) is 23.3 Å². The third-order valence-electron chi connectivity index (χ3n) is 6.10. The van der Waals surface area contributed by atoms with Crippen LogP contribution in [0.2, 0.25) is 0 Å². The molecule has 6 heteroatoms. The second-order valence-corrected chi connectivity index (χ2v) is 7.97. The minimum atomic E-state index is -4.33. The Bertz CT molecular complexity index is 863. The number of nitrogens with zero attached hydrogens (tertiary/aromatic N) is 2. The van der Waals surface area contributed by atoms with Crippen LogP contribution in [0.15, 0.2) is 48.5 Å². The fourth-order valence-electron chi connectivity index (χ4n) is 4.37. The van der Waals surface area contributed by atoms with E-state index in [4.69, 9.17) is 0 Å². The molecule has 4 rings (SSSR count). The second-order valence-electron chi connectivity index (χ2n) is 7.97. The molecule has 0 radical (unpaired) electrons. The van der Waals surface area contributed by atoms with Gasteiger partial charge in [-0.3, -0.25) is 9.69 Å². The maximum absolute atomic E-state index is 12.6. The van der Waals surface area contributed by atoms with Gasteiger partial charge in [0, 0.05) is 38.6 Å². The number of hydrogen-bond donors (Lipinski definition) is 0. The highest BCUT2D eigenvalue weighted by Crippen LogP contribution is 2.29. The van der Waals surface area contributed by atoms with Gasteiger partial charge in [0.25, 0.3) is 0 Å². The first kappa shape index (κ1) is 20.0. The lowest BCUT2D eigenvalue weighted by Crippen LogP contribution is -2.41. The molecule has 1 amide bonds. The van der Waals surface area contributed by atoms with E-state index in [0.29, 0.717) is 18.9 Å². The Morgan fingerprint density at radius 2 is 1.72 bits per heavy atom. The van der Waals surface area contributed by atoms with E-state index in [-0.39, 0.29) is 5.91 Å². The van der Waals surface area contributed by atoms with Gasteiger partial charge in [-0.1, -0.05) is 36.4 Å². The van der Waals surface area contributed by atoms with E-state index in [2.05, 4.69) is 29.2 Å². The lowest BCUT2D eigenvalue weighted by Gasteiger charge is -2.33. The molecule has 1 atom stereocenters. The minimum absolute atomic E-state index is 0.0878. The molecule has 1 fully saturated rings. The third-order valence-corrected chi connectivity index (χ3v) is 6.10. The van der Waals surface area contributed by atoms with Crippen LogP contribution in [0.3, 0.4) is 0 Å². The van der Waals surface area contributed by atoms with Crippen LogP contribution in [0.1, 0.15) is 35.1 Å². The summed E-state index contributed by atoms with van der Waals surface area (Å²) in [6.45, 7) is 3.46. The van der Waals surface area contributed by atoms with E-state index in [0.717, 1.165) is 56.7 Å². The maximum atomic E-state index is 12.6. The Labute approximate surface area is 169 Å². The molecule has 0 bridgehead atoms. The molecular weight excluding hydrogens is 377 g/mol. The Kier molecular flexibility index (Phi) is 5.63. The van der Waals surface area contributed by atoms with Gasteiger partial charge in [-0.25, -0.2) is 0 Å². The van der Waals surface area contributed by atoms with Gasteiger partial charge in [0.05, 0.1) is 5.56 Å². The predicted octanol–water partition coefficient (Wildman–Crippen LogP) is 4.30. The van der Waals surface area contributed by atoms with E-state index >= 15 is 0 Å². The number of alkyl halides is 3. The minimum Gasteiger partial charge on any atom is -0.341 e. The highest BCUT2D eigenvalue weighted by Gasteiger charge is 2.32. The van der Waals surface area contributed by atoms with Gasteiger partial charge in [0.1, 0.15) is 0 Å². The van der Waals surface area contributed by atoms with Crippen molar-refractivity contribution in [2.75, 3.05) is 19.6 Å². The van der Waals surface area contributed by atoms with Crippen molar-refractivity contribution in [3.8, 4) is 0 Å². The number of likely N-dealkylation sites (tertiary alicyclic amines) is 1. The summed E-state index contributed by atoms with van der Waals surface area (Å²) in [6, 6.07) is 14.0. The zero-order valence-electron chi connectivity index (χ0n) is 16.3. The molecule has 1 unspecified atom stereocenters. The summed E-state index contributed by atoms with van der Waals surface area (Å²) in [4.78, 5) is 17.0. The van der Waals surface area contributed by atoms with Crippen LogP contribution in [-0.2, 0) is 30.4 Å². The second kappa shape index (κ2) is 8.19. The molecule has 154 valence electrons. The zero-order chi connectivity index (χ0) is 20.4. The number of aryl methyl sites for hydroxylation is 1. The monoisotopic (exact) mass is 402 g/mol. The fraction of sp³-hybridized carbons (Fsp3) is 0.435.